The number of aromatic hydroxyl groups is 2. The van der Waals surface area contributed by atoms with Gasteiger partial charge in [0.15, 0.2) is 11.5 Å². The highest BCUT2D eigenvalue weighted by molar-refractivity contribution is 7.94. The number of nitrogen functional groups attached to an aromatic ring is 1. The van der Waals surface area contributed by atoms with Crippen LogP contribution in [0.1, 0.15) is 0 Å². The van der Waals surface area contributed by atoms with Gasteiger partial charge in [-0.1, -0.05) is 11.1 Å². The summed E-state index contributed by atoms with van der Waals surface area (Å²) in [5.41, 5.74) is 3.38. The highest BCUT2D eigenvalue weighted by Gasteiger charge is 2.25. The summed E-state index contributed by atoms with van der Waals surface area (Å²) < 4.78 is 71.2. The Balaban J connectivity index is 1.89. The first-order valence-corrected chi connectivity index (χ1v) is 14.9. The van der Waals surface area contributed by atoms with Gasteiger partial charge in [0.25, 0.3) is 25.9 Å². The zero-order chi connectivity index (χ0) is 32.4. The molecule has 0 heterocycles. The fourth-order valence-electron chi connectivity index (χ4n) is 3.64. The summed E-state index contributed by atoms with van der Waals surface area (Å²) in [7, 11) is -9.84. The average Bonchev–Trinajstić information content (AvgIpc) is 2.94. The third kappa shape index (κ3) is 6.87. The lowest BCUT2D eigenvalue weighted by Gasteiger charge is -2.11. The van der Waals surface area contributed by atoms with E-state index in [1.54, 1.807) is 0 Å². The number of phenols is 2. The molecule has 4 aromatic rings. The van der Waals surface area contributed by atoms with Gasteiger partial charge < -0.3 is 15.9 Å². The lowest BCUT2D eigenvalue weighted by molar-refractivity contribution is -0.432. The van der Waals surface area contributed by atoms with E-state index in [2.05, 4.69) is 29.8 Å². The van der Waals surface area contributed by atoms with E-state index in [4.69, 9.17) is 11.0 Å². The van der Waals surface area contributed by atoms with Gasteiger partial charge in [0.1, 0.15) is 32.5 Å². The third-order valence-corrected chi connectivity index (χ3v) is 7.94. The summed E-state index contributed by atoms with van der Waals surface area (Å²) in [6.45, 7) is 0. The van der Waals surface area contributed by atoms with Gasteiger partial charge in [0.05, 0.1) is 27.2 Å². The molecule has 0 saturated carbocycles. The van der Waals surface area contributed by atoms with Crippen LogP contribution in [0.2, 0.25) is 0 Å². The Hall–Kier alpha value is -4.81. The Morgan fingerprint density at radius 2 is 1.43 bits per heavy atom. The van der Waals surface area contributed by atoms with E-state index in [1.807, 2.05) is 0 Å². The molecule has 0 spiro atoms. The summed E-state index contributed by atoms with van der Waals surface area (Å²) >= 11 is 0.257. The molecule has 19 nitrogen and oxygen atoms in total. The van der Waals surface area contributed by atoms with E-state index >= 15 is 0 Å². The van der Waals surface area contributed by atoms with Gasteiger partial charge in [0, 0.05) is 17.8 Å². The molecule has 0 aromatic heterocycles. The van der Waals surface area contributed by atoms with Crippen LogP contribution in [0.15, 0.2) is 89.7 Å². The lowest BCUT2D eigenvalue weighted by Crippen LogP contribution is -1.99. The zero-order valence-corrected chi connectivity index (χ0v) is 23.7. The first kappa shape index (κ1) is 32.1. The maximum atomic E-state index is 12.2. The van der Waals surface area contributed by atoms with E-state index in [1.165, 1.54) is 12.1 Å². The number of nitrogens with zero attached hydrogens (tertiary/aromatic N) is 5. The number of nitro benzene ring substituents is 1. The molecule has 0 bridgehead atoms. The molecular weight excluding hydrogens is 652 g/mol. The molecule has 0 aliphatic carbocycles. The molecule has 4 rings (SSSR count). The monoisotopic (exact) mass is 668 g/mol. The van der Waals surface area contributed by atoms with Crippen LogP contribution < -0.4 is 5.73 Å². The molecule has 0 fully saturated rings. The van der Waals surface area contributed by atoms with E-state index in [-0.39, 0.29) is 39.4 Å². The number of hydrogen-bond acceptors (Lipinski definition) is 17. The quantitative estimate of drug-likeness (QED) is 0.0231. The number of azo groups is 2. The van der Waals surface area contributed by atoms with Gasteiger partial charge in [-0.05, 0) is 41.8 Å². The van der Waals surface area contributed by atoms with Crippen molar-refractivity contribution in [3.05, 3.63) is 64.7 Å². The molecular formula is C22H16N6O13S3. The maximum absolute atomic E-state index is 12.2. The fraction of sp³-hybridized carbons (Fsp3) is 0. The van der Waals surface area contributed by atoms with Crippen molar-refractivity contribution in [2.45, 2.75) is 14.7 Å². The number of benzene rings is 4. The second-order valence-corrected chi connectivity index (χ2v) is 11.8. The standard InChI is InChI=1S/C22H16N6O13S3/c23-11-2-6-17(43(34,35)36)15(8-11)26-25-14-4-1-10-7-18(44(37,38)39)20(22(30)19(10)21(14)29)27-24-13-5-3-12(28(31)32)9-16(13)42-41-40-33/h1-9,29-30,33H,23H2,(H,34,35,36)(H,37,38,39). The van der Waals surface area contributed by atoms with Crippen LogP contribution in [0.4, 0.5) is 34.1 Å². The molecule has 0 saturated heterocycles. The lowest BCUT2D eigenvalue weighted by atomic mass is 10.1. The minimum atomic E-state index is -5.09. The van der Waals surface area contributed by atoms with Gasteiger partial charge in [0.2, 0.25) is 0 Å². The minimum Gasteiger partial charge on any atom is -0.505 e. The molecule has 22 heteroatoms. The van der Waals surface area contributed by atoms with Crippen molar-refractivity contribution in [1.82, 2.24) is 0 Å². The fourth-order valence-corrected chi connectivity index (χ4v) is 5.37. The number of phenolic OH excluding ortho intramolecular Hbond substituents is 2. The largest absolute Gasteiger partial charge is 0.505 e. The molecule has 0 aliphatic rings. The van der Waals surface area contributed by atoms with Crippen molar-refractivity contribution in [3.8, 4) is 11.5 Å². The molecule has 0 aliphatic heterocycles. The normalized spacial score (nSPS) is 12.4. The number of nitro groups is 1. The second kappa shape index (κ2) is 12.4. The third-order valence-electron chi connectivity index (χ3n) is 5.54. The van der Waals surface area contributed by atoms with Crippen LogP contribution in [0, 0.1) is 10.1 Å². The Kier molecular flexibility index (Phi) is 9.07. The molecule has 7 N–H and O–H groups in total. The van der Waals surface area contributed by atoms with Crippen LogP contribution in [0.5, 0.6) is 11.5 Å². The first-order valence-electron chi connectivity index (χ1n) is 11.2. The van der Waals surface area contributed by atoms with Crippen molar-refractivity contribution in [2.24, 2.45) is 20.5 Å². The summed E-state index contributed by atoms with van der Waals surface area (Å²) in [6, 6.07) is 9.33. The molecule has 4 aromatic carbocycles. The predicted octanol–water partition coefficient (Wildman–Crippen LogP) is 5.49. The van der Waals surface area contributed by atoms with Crippen LogP contribution in [-0.4, -0.2) is 46.3 Å². The molecule has 0 amide bonds. The van der Waals surface area contributed by atoms with Gasteiger partial charge in [-0.15, -0.1) is 24.8 Å². The number of anilines is 1. The maximum Gasteiger partial charge on any atom is 0.296 e. The predicted molar refractivity (Wildman–Crippen MR) is 150 cm³/mol. The smallest absolute Gasteiger partial charge is 0.296 e. The van der Waals surface area contributed by atoms with Crippen LogP contribution in [0.3, 0.4) is 0 Å². The molecule has 230 valence electrons. The van der Waals surface area contributed by atoms with Crippen molar-refractivity contribution in [2.75, 3.05) is 5.73 Å². The number of hydrogen-bond donors (Lipinski definition) is 6. The van der Waals surface area contributed by atoms with Crippen molar-refractivity contribution in [3.63, 3.8) is 0 Å². The van der Waals surface area contributed by atoms with Gasteiger partial charge in [-0.2, -0.15) is 16.8 Å². The second-order valence-electron chi connectivity index (χ2n) is 8.32. The highest BCUT2D eigenvalue weighted by Crippen LogP contribution is 2.48. The van der Waals surface area contributed by atoms with Crippen molar-refractivity contribution in [1.29, 1.82) is 0 Å². The van der Waals surface area contributed by atoms with Crippen molar-refractivity contribution < 1.29 is 55.7 Å². The molecule has 0 unspecified atom stereocenters. The van der Waals surface area contributed by atoms with E-state index in [9.17, 15) is 46.3 Å². The van der Waals surface area contributed by atoms with Gasteiger partial charge in [-0.25, -0.2) is 5.26 Å². The van der Waals surface area contributed by atoms with Gasteiger partial charge >= 0.3 is 0 Å². The molecule has 0 radical (unpaired) electrons. The Labute approximate surface area is 249 Å². The number of non-ortho nitro benzene ring substituents is 1. The van der Waals surface area contributed by atoms with Crippen LogP contribution in [-0.2, 0) is 29.6 Å². The minimum absolute atomic E-state index is 0.0597. The van der Waals surface area contributed by atoms with Crippen molar-refractivity contribution >= 4 is 77.2 Å². The summed E-state index contributed by atoms with van der Waals surface area (Å²) in [5, 5.41) is 59.2. The van der Waals surface area contributed by atoms with Gasteiger partial charge in [-0.3, -0.25) is 19.2 Å². The number of nitrogens with two attached hydrogens (primary N) is 1. The molecule has 44 heavy (non-hydrogen) atoms. The summed E-state index contributed by atoms with van der Waals surface area (Å²) in [4.78, 5) is 8.58. The Morgan fingerprint density at radius 1 is 0.795 bits per heavy atom. The first-order chi connectivity index (χ1) is 20.6. The Bertz CT molecular complexity index is 2090. The average molecular weight is 669 g/mol. The molecule has 0 atom stereocenters. The Morgan fingerprint density at radius 3 is 2.07 bits per heavy atom. The van der Waals surface area contributed by atoms with E-state index in [0.29, 0.717) is 0 Å². The number of fused-ring (bicyclic) bond motifs is 1. The van der Waals surface area contributed by atoms with E-state index in [0.717, 1.165) is 42.5 Å². The SMILES string of the molecule is Nc1ccc(S(=O)(=O)O)c(N=Nc2ccc3cc(S(=O)(=O)O)c(N=Nc4ccc([N+](=O)[O-])cc4SOOO)c(O)c3c2O)c1. The zero-order valence-electron chi connectivity index (χ0n) is 21.2. The summed E-state index contributed by atoms with van der Waals surface area (Å²) in [5.74, 6) is -1.83. The number of rotatable bonds is 10. The highest BCUT2D eigenvalue weighted by atomic mass is 32.2. The topological polar surface area (TPSA) is 306 Å². The van der Waals surface area contributed by atoms with Crippen LogP contribution >= 0.6 is 12.0 Å². The summed E-state index contributed by atoms with van der Waals surface area (Å²) in [6.07, 6.45) is 0. The van der Waals surface area contributed by atoms with E-state index < -0.39 is 68.9 Å². The van der Waals surface area contributed by atoms with Crippen LogP contribution in [0.25, 0.3) is 10.8 Å².